The van der Waals surface area contributed by atoms with Crippen molar-refractivity contribution in [3.8, 4) is 5.75 Å². The smallest absolute Gasteiger partial charge is 0.247 e. The number of hydrogen-bond donors (Lipinski definition) is 2. The first-order valence-electron chi connectivity index (χ1n) is 12.9. The number of methoxy groups -OCH3 is 1. The minimum absolute atomic E-state index is 0.116. The third-order valence-electron chi connectivity index (χ3n) is 7.18. The van der Waals surface area contributed by atoms with Gasteiger partial charge in [0.05, 0.1) is 55.7 Å². The quantitative estimate of drug-likeness (QED) is 0.476. The molecule has 1 aromatic carbocycles. The number of nitrogens with zero attached hydrogens (tertiary/aromatic N) is 5. The van der Waals surface area contributed by atoms with E-state index in [0.717, 1.165) is 31.6 Å². The molecule has 0 aliphatic carbocycles. The zero-order valence-electron chi connectivity index (χ0n) is 22.8. The Kier molecular flexibility index (Phi) is 8.96. The number of rotatable bonds is 8. The Morgan fingerprint density at radius 2 is 1.89 bits per heavy atom. The summed E-state index contributed by atoms with van der Waals surface area (Å²) in [6.45, 7) is 10.7. The van der Waals surface area contributed by atoms with Crippen molar-refractivity contribution in [2.45, 2.75) is 44.8 Å². The van der Waals surface area contributed by atoms with Gasteiger partial charge in [-0.3, -0.25) is 4.79 Å². The van der Waals surface area contributed by atoms with Crippen LogP contribution in [0.25, 0.3) is 0 Å². The third-order valence-corrected chi connectivity index (χ3v) is 7.45. The zero-order chi connectivity index (χ0) is 27.4. The van der Waals surface area contributed by atoms with E-state index in [1.807, 2.05) is 12.1 Å². The number of anilines is 5. The largest absolute Gasteiger partial charge is 0.494 e. The van der Waals surface area contributed by atoms with E-state index < -0.39 is 0 Å². The number of benzene rings is 1. The summed E-state index contributed by atoms with van der Waals surface area (Å²) in [4.78, 5) is 28.2. The van der Waals surface area contributed by atoms with Crippen LogP contribution < -0.4 is 25.2 Å². The fourth-order valence-electron chi connectivity index (χ4n) is 5.15. The molecule has 38 heavy (non-hydrogen) atoms. The molecule has 1 aromatic heterocycles. The van der Waals surface area contributed by atoms with Crippen LogP contribution in [-0.2, 0) is 9.53 Å². The van der Waals surface area contributed by atoms with Crippen molar-refractivity contribution < 1.29 is 14.3 Å². The molecular weight excluding hydrogens is 506 g/mol. The number of carbonyl (C=O) groups excluding carboxylic acids is 1. The predicted octanol–water partition coefficient (Wildman–Crippen LogP) is 4.15. The molecule has 2 atom stereocenters. The molecule has 0 radical (unpaired) electrons. The van der Waals surface area contributed by atoms with Gasteiger partial charge in [-0.25, -0.2) is 4.98 Å². The number of hydrogen-bond acceptors (Lipinski definition) is 9. The van der Waals surface area contributed by atoms with Gasteiger partial charge < -0.3 is 34.8 Å². The highest BCUT2D eigenvalue weighted by atomic mass is 35.5. The van der Waals surface area contributed by atoms with Gasteiger partial charge >= 0.3 is 0 Å². The van der Waals surface area contributed by atoms with Gasteiger partial charge in [0.15, 0.2) is 5.82 Å². The molecule has 2 saturated heterocycles. The van der Waals surface area contributed by atoms with Crippen LogP contribution in [0.2, 0.25) is 5.02 Å². The first kappa shape index (κ1) is 27.9. The van der Waals surface area contributed by atoms with E-state index in [1.165, 1.54) is 6.08 Å². The lowest BCUT2D eigenvalue weighted by molar-refractivity contribution is -0.111. The molecule has 2 aliphatic heterocycles. The van der Waals surface area contributed by atoms with Gasteiger partial charge in [-0.1, -0.05) is 18.2 Å². The first-order valence-corrected chi connectivity index (χ1v) is 13.3. The van der Waals surface area contributed by atoms with Crippen molar-refractivity contribution in [2.24, 2.45) is 0 Å². The van der Waals surface area contributed by atoms with E-state index >= 15 is 0 Å². The van der Waals surface area contributed by atoms with Crippen molar-refractivity contribution in [3.05, 3.63) is 36.0 Å². The molecule has 0 saturated carbocycles. The summed E-state index contributed by atoms with van der Waals surface area (Å²) in [5.41, 5.74) is 2.18. The van der Waals surface area contributed by atoms with Gasteiger partial charge in [0.1, 0.15) is 10.8 Å². The van der Waals surface area contributed by atoms with Gasteiger partial charge in [0.25, 0.3) is 0 Å². The Hall–Kier alpha value is -3.08. The van der Waals surface area contributed by atoms with Crippen LogP contribution in [-0.4, -0.2) is 86.4 Å². The van der Waals surface area contributed by atoms with Crippen LogP contribution in [0.5, 0.6) is 5.75 Å². The molecule has 4 rings (SSSR count). The molecule has 2 aromatic rings. The fourth-order valence-corrected chi connectivity index (χ4v) is 5.33. The second-order valence-electron chi connectivity index (χ2n) is 10.1. The number of halogens is 1. The molecule has 2 N–H and O–H groups in total. The molecule has 0 spiro atoms. The van der Waals surface area contributed by atoms with Gasteiger partial charge in [0.2, 0.25) is 11.9 Å². The molecule has 2 aliphatic rings. The van der Waals surface area contributed by atoms with E-state index in [1.54, 1.807) is 13.3 Å². The van der Waals surface area contributed by atoms with E-state index in [9.17, 15) is 4.79 Å². The highest BCUT2D eigenvalue weighted by Gasteiger charge is 2.29. The van der Waals surface area contributed by atoms with Gasteiger partial charge in [-0.2, -0.15) is 4.98 Å². The van der Waals surface area contributed by atoms with Gasteiger partial charge in [-0.05, 0) is 52.9 Å². The monoisotopic (exact) mass is 543 g/mol. The van der Waals surface area contributed by atoms with Crippen LogP contribution in [0.1, 0.15) is 26.7 Å². The van der Waals surface area contributed by atoms with Crippen LogP contribution in [0.3, 0.4) is 0 Å². The Morgan fingerprint density at radius 1 is 1.21 bits per heavy atom. The molecule has 10 nitrogen and oxygen atoms in total. The maximum absolute atomic E-state index is 12.3. The molecule has 2 fully saturated rings. The highest BCUT2D eigenvalue weighted by molar-refractivity contribution is 6.32. The summed E-state index contributed by atoms with van der Waals surface area (Å²) < 4.78 is 11.4. The van der Waals surface area contributed by atoms with Crippen molar-refractivity contribution in [1.29, 1.82) is 0 Å². The first-order chi connectivity index (χ1) is 18.2. The lowest BCUT2D eigenvalue weighted by atomic mass is 10.0. The number of nitrogens with one attached hydrogen (secondary N) is 2. The van der Waals surface area contributed by atoms with Crippen molar-refractivity contribution >= 4 is 46.3 Å². The average molecular weight is 544 g/mol. The van der Waals surface area contributed by atoms with E-state index in [0.29, 0.717) is 53.2 Å². The zero-order valence-corrected chi connectivity index (χ0v) is 23.6. The van der Waals surface area contributed by atoms with Crippen LogP contribution >= 0.6 is 11.6 Å². The molecule has 206 valence electrons. The minimum Gasteiger partial charge on any atom is -0.494 e. The van der Waals surface area contributed by atoms with Crippen LogP contribution in [0.15, 0.2) is 31.0 Å². The lowest BCUT2D eigenvalue weighted by Gasteiger charge is -2.40. The number of amides is 1. The lowest BCUT2D eigenvalue weighted by Crippen LogP contribution is -2.50. The summed E-state index contributed by atoms with van der Waals surface area (Å²) >= 11 is 6.53. The highest BCUT2D eigenvalue weighted by Crippen LogP contribution is 2.40. The number of aromatic nitrogens is 2. The second kappa shape index (κ2) is 12.2. The summed E-state index contributed by atoms with van der Waals surface area (Å²) in [6.07, 6.45) is 4.92. The number of carbonyl (C=O) groups is 1. The predicted molar refractivity (Wildman–Crippen MR) is 153 cm³/mol. The Labute approximate surface area is 230 Å². The van der Waals surface area contributed by atoms with E-state index in [-0.39, 0.29) is 18.0 Å². The Bertz CT molecular complexity index is 1140. The second-order valence-corrected chi connectivity index (χ2v) is 10.5. The fraction of sp³-hybridized carbons (Fsp3) is 0.519. The maximum atomic E-state index is 12.3. The molecule has 0 bridgehead atoms. The molecular formula is C27H38ClN7O3. The van der Waals surface area contributed by atoms with E-state index in [4.69, 9.17) is 26.1 Å². The summed E-state index contributed by atoms with van der Waals surface area (Å²) in [7, 11) is 5.85. The normalized spacial score (nSPS) is 20.4. The van der Waals surface area contributed by atoms with Crippen LogP contribution in [0, 0.1) is 0 Å². The van der Waals surface area contributed by atoms with Gasteiger partial charge in [-0.15, -0.1) is 0 Å². The average Bonchev–Trinajstić information content (AvgIpc) is 2.90. The van der Waals surface area contributed by atoms with Crippen molar-refractivity contribution in [1.82, 2.24) is 14.9 Å². The standard InChI is InChI=1S/C27H38ClN7O3/c1-7-25(36)30-21-12-22(24(37-6)13-23(21)34-10-8-19(9-11-34)33(4)5)31-27-29-14-20(28)26(32-27)35-17(2)15-38-16-18(35)3/h7,12-14,17-19H,1,8-11,15-16H2,2-6H3,(H,30,36)(H,29,31,32). The van der Waals surface area contributed by atoms with Crippen LogP contribution in [0.4, 0.5) is 28.8 Å². The number of piperidine rings is 1. The molecule has 3 heterocycles. The molecule has 1 amide bonds. The topological polar surface area (TPSA) is 95.1 Å². The maximum Gasteiger partial charge on any atom is 0.247 e. The summed E-state index contributed by atoms with van der Waals surface area (Å²) in [6, 6.07) is 4.56. The van der Waals surface area contributed by atoms with Crippen molar-refractivity contribution in [2.75, 3.05) is 67.9 Å². The van der Waals surface area contributed by atoms with Crippen molar-refractivity contribution in [3.63, 3.8) is 0 Å². The summed E-state index contributed by atoms with van der Waals surface area (Å²) in [5, 5.41) is 6.71. The Balaban J connectivity index is 1.66. The number of ether oxygens (including phenoxy) is 2. The molecule has 11 heteroatoms. The molecule has 2 unspecified atom stereocenters. The number of morpholine rings is 1. The minimum atomic E-state index is -0.286. The van der Waals surface area contributed by atoms with E-state index in [2.05, 4.69) is 64.8 Å². The van der Waals surface area contributed by atoms with Gasteiger partial charge in [0, 0.05) is 25.2 Å². The summed E-state index contributed by atoms with van der Waals surface area (Å²) in [5.74, 6) is 1.34. The SMILES string of the molecule is C=CC(=O)Nc1cc(Nc2ncc(Cl)c(N3C(C)COCC3C)n2)c(OC)cc1N1CCC(N(C)C)CC1. The Morgan fingerprint density at radius 3 is 2.50 bits per heavy atom. The third kappa shape index (κ3) is 6.14.